The van der Waals surface area contributed by atoms with E-state index in [0.29, 0.717) is 25.2 Å². The summed E-state index contributed by atoms with van der Waals surface area (Å²) in [6.07, 6.45) is 2.39. The zero-order chi connectivity index (χ0) is 15.7. The molecule has 0 atom stereocenters. The molecular formula is C14H21N3O4. The van der Waals surface area contributed by atoms with Crippen LogP contribution < -0.4 is 5.32 Å². The van der Waals surface area contributed by atoms with Crippen molar-refractivity contribution in [1.82, 2.24) is 4.90 Å². The van der Waals surface area contributed by atoms with Crippen molar-refractivity contribution in [3.8, 4) is 0 Å². The molecule has 1 rings (SSSR count). The van der Waals surface area contributed by atoms with E-state index in [2.05, 4.69) is 5.32 Å². The Morgan fingerprint density at radius 2 is 1.90 bits per heavy atom. The van der Waals surface area contributed by atoms with Crippen LogP contribution in [0, 0.1) is 10.1 Å². The summed E-state index contributed by atoms with van der Waals surface area (Å²) >= 11 is 0. The van der Waals surface area contributed by atoms with Gasteiger partial charge in [0, 0.05) is 37.5 Å². The number of anilines is 1. The summed E-state index contributed by atoms with van der Waals surface area (Å²) in [4.78, 5) is 23.9. The molecule has 1 aromatic rings. The molecule has 0 saturated carbocycles. The number of nitro groups is 1. The van der Waals surface area contributed by atoms with Gasteiger partial charge in [0.15, 0.2) is 0 Å². The maximum Gasteiger partial charge on any atom is 0.321 e. The van der Waals surface area contributed by atoms with Gasteiger partial charge in [0.25, 0.3) is 5.69 Å². The summed E-state index contributed by atoms with van der Waals surface area (Å²) in [5.74, 6) is 0. The number of hydrogen-bond donors (Lipinski definition) is 2. The quantitative estimate of drug-likeness (QED) is 0.569. The van der Waals surface area contributed by atoms with Crippen LogP contribution in [0.5, 0.6) is 0 Å². The molecular weight excluding hydrogens is 274 g/mol. The SMILES string of the molecule is CCCCN(CCCO)C(=O)Nc1ccc([N+](=O)[O-])cc1. The minimum Gasteiger partial charge on any atom is -0.396 e. The second-order valence-corrected chi connectivity index (χ2v) is 4.65. The second kappa shape index (κ2) is 8.91. The van der Waals surface area contributed by atoms with Crippen molar-refractivity contribution in [2.24, 2.45) is 0 Å². The highest BCUT2D eigenvalue weighted by atomic mass is 16.6. The van der Waals surface area contributed by atoms with Crippen LogP contribution in [0.25, 0.3) is 0 Å². The average molecular weight is 295 g/mol. The van der Waals surface area contributed by atoms with E-state index in [1.807, 2.05) is 6.92 Å². The van der Waals surface area contributed by atoms with E-state index >= 15 is 0 Å². The Kier molecular flexibility index (Phi) is 7.17. The van der Waals surface area contributed by atoms with Crippen LogP contribution in [0.2, 0.25) is 0 Å². The lowest BCUT2D eigenvalue weighted by molar-refractivity contribution is -0.384. The van der Waals surface area contributed by atoms with Crippen LogP contribution in [-0.4, -0.2) is 40.7 Å². The summed E-state index contributed by atoms with van der Waals surface area (Å²) in [5.41, 5.74) is 0.493. The molecule has 2 amide bonds. The number of non-ortho nitro benzene ring substituents is 1. The molecule has 0 aliphatic carbocycles. The third-order valence-electron chi connectivity index (χ3n) is 2.98. The number of unbranched alkanes of at least 4 members (excludes halogenated alkanes) is 1. The highest BCUT2D eigenvalue weighted by Crippen LogP contribution is 2.16. The third-order valence-corrected chi connectivity index (χ3v) is 2.98. The van der Waals surface area contributed by atoms with Gasteiger partial charge in [0.05, 0.1) is 4.92 Å². The van der Waals surface area contributed by atoms with E-state index in [9.17, 15) is 14.9 Å². The first-order chi connectivity index (χ1) is 10.1. The number of urea groups is 1. The van der Waals surface area contributed by atoms with Crippen molar-refractivity contribution in [1.29, 1.82) is 0 Å². The number of amides is 2. The molecule has 0 saturated heterocycles. The van der Waals surface area contributed by atoms with Crippen molar-refractivity contribution in [2.45, 2.75) is 26.2 Å². The lowest BCUT2D eigenvalue weighted by Crippen LogP contribution is -2.36. The lowest BCUT2D eigenvalue weighted by atomic mass is 10.3. The molecule has 0 aliphatic rings. The molecule has 2 N–H and O–H groups in total. The van der Waals surface area contributed by atoms with Crippen LogP contribution in [0.1, 0.15) is 26.2 Å². The van der Waals surface area contributed by atoms with Crippen LogP contribution in [0.4, 0.5) is 16.2 Å². The standard InChI is InChI=1S/C14H21N3O4/c1-2-3-9-16(10-4-11-18)14(19)15-12-5-7-13(8-6-12)17(20)21/h5-8,18H,2-4,9-11H2,1H3,(H,15,19). The van der Waals surface area contributed by atoms with E-state index in [0.717, 1.165) is 12.8 Å². The monoisotopic (exact) mass is 295 g/mol. The van der Waals surface area contributed by atoms with Gasteiger partial charge >= 0.3 is 6.03 Å². The predicted octanol–water partition coefficient (Wildman–Crippen LogP) is 2.61. The Morgan fingerprint density at radius 1 is 1.29 bits per heavy atom. The number of benzene rings is 1. The normalized spacial score (nSPS) is 10.2. The van der Waals surface area contributed by atoms with Gasteiger partial charge in [-0.15, -0.1) is 0 Å². The molecule has 21 heavy (non-hydrogen) atoms. The van der Waals surface area contributed by atoms with Gasteiger partial charge in [0.1, 0.15) is 0 Å². The van der Waals surface area contributed by atoms with E-state index < -0.39 is 4.92 Å². The third kappa shape index (κ3) is 5.78. The summed E-state index contributed by atoms with van der Waals surface area (Å²) in [6.45, 7) is 3.18. The highest BCUT2D eigenvalue weighted by molar-refractivity contribution is 5.89. The number of nitrogens with one attached hydrogen (secondary N) is 1. The number of carbonyl (C=O) groups excluding carboxylic acids is 1. The first-order valence-corrected chi connectivity index (χ1v) is 6.99. The number of nitrogens with zero attached hydrogens (tertiary/aromatic N) is 2. The van der Waals surface area contributed by atoms with Gasteiger partial charge in [-0.3, -0.25) is 10.1 Å². The van der Waals surface area contributed by atoms with Crippen molar-refractivity contribution in [2.75, 3.05) is 25.0 Å². The van der Waals surface area contributed by atoms with Gasteiger partial charge in [-0.25, -0.2) is 4.79 Å². The molecule has 1 aromatic carbocycles. The fraction of sp³-hybridized carbons (Fsp3) is 0.500. The molecule has 0 heterocycles. The van der Waals surface area contributed by atoms with Crippen LogP contribution in [-0.2, 0) is 0 Å². The van der Waals surface area contributed by atoms with Gasteiger partial charge in [0.2, 0.25) is 0 Å². The minimum absolute atomic E-state index is 0.0175. The van der Waals surface area contributed by atoms with Crippen molar-refractivity contribution in [3.63, 3.8) is 0 Å². The molecule has 0 fully saturated rings. The van der Waals surface area contributed by atoms with E-state index in [1.165, 1.54) is 24.3 Å². The summed E-state index contributed by atoms with van der Waals surface area (Å²) in [7, 11) is 0. The van der Waals surface area contributed by atoms with E-state index in [4.69, 9.17) is 5.11 Å². The Labute approximate surface area is 123 Å². The number of aliphatic hydroxyl groups excluding tert-OH is 1. The number of aliphatic hydroxyl groups is 1. The maximum absolute atomic E-state index is 12.1. The molecule has 0 aromatic heterocycles. The van der Waals surface area contributed by atoms with Crippen molar-refractivity contribution >= 4 is 17.4 Å². The molecule has 116 valence electrons. The Morgan fingerprint density at radius 3 is 2.43 bits per heavy atom. The first-order valence-electron chi connectivity index (χ1n) is 6.99. The Bertz CT molecular complexity index is 454. The largest absolute Gasteiger partial charge is 0.396 e. The van der Waals surface area contributed by atoms with Crippen molar-refractivity contribution < 1.29 is 14.8 Å². The molecule has 0 spiro atoms. The summed E-state index contributed by atoms with van der Waals surface area (Å²) in [6, 6.07) is 5.44. The molecule has 7 heteroatoms. The highest BCUT2D eigenvalue weighted by Gasteiger charge is 2.13. The van der Waals surface area contributed by atoms with E-state index in [-0.39, 0.29) is 18.3 Å². The molecule has 0 bridgehead atoms. The van der Waals surface area contributed by atoms with Crippen LogP contribution >= 0.6 is 0 Å². The molecule has 0 aliphatic heterocycles. The van der Waals surface area contributed by atoms with Crippen LogP contribution in [0.3, 0.4) is 0 Å². The minimum atomic E-state index is -0.486. The first kappa shape index (κ1) is 16.9. The smallest absolute Gasteiger partial charge is 0.321 e. The summed E-state index contributed by atoms with van der Waals surface area (Å²) < 4.78 is 0. The zero-order valence-corrected chi connectivity index (χ0v) is 12.1. The van der Waals surface area contributed by atoms with Gasteiger partial charge < -0.3 is 15.3 Å². The second-order valence-electron chi connectivity index (χ2n) is 4.65. The topological polar surface area (TPSA) is 95.7 Å². The van der Waals surface area contributed by atoms with Crippen LogP contribution in [0.15, 0.2) is 24.3 Å². The maximum atomic E-state index is 12.1. The van der Waals surface area contributed by atoms with Gasteiger partial charge in [-0.05, 0) is 25.0 Å². The number of hydrogen-bond acceptors (Lipinski definition) is 4. The fourth-order valence-electron chi connectivity index (χ4n) is 1.79. The number of carbonyl (C=O) groups is 1. The van der Waals surface area contributed by atoms with Crippen molar-refractivity contribution in [3.05, 3.63) is 34.4 Å². The Hall–Kier alpha value is -2.15. The molecule has 0 radical (unpaired) electrons. The summed E-state index contributed by atoms with van der Waals surface area (Å²) in [5, 5.41) is 22.1. The lowest BCUT2D eigenvalue weighted by Gasteiger charge is -2.22. The predicted molar refractivity (Wildman–Crippen MR) is 80.3 cm³/mol. The number of nitro benzene ring substituents is 1. The van der Waals surface area contributed by atoms with Gasteiger partial charge in [-0.2, -0.15) is 0 Å². The Balaban J connectivity index is 2.64. The molecule has 7 nitrogen and oxygen atoms in total. The van der Waals surface area contributed by atoms with Gasteiger partial charge in [-0.1, -0.05) is 13.3 Å². The number of rotatable bonds is 8. The molecule has 0 unspecified atom stereocenters. The van der Waals surface area contributed by atoms with E-state index in [1.54, 1.807) is 4.90 Å². The average Bonchev–Trinajstić information content (AvgIpc) is 2.47. The zero-order valence-electron chi connectivity index (χ0n) is 12.1. The fourth-order valence-corrected chi connectivity index (χ4v) is 1.79.